The van der Waals surface area contributed by atoms with Gasteiger partial charge in [0.25, 0.3) is 5.91 Å². The van der Waals surface area contributed by atoms with E-state index in [1.807, 2.05) is 0 Å². The van der Waals surface area contributed by atoms with E-state index in [4.69, 9.17) is 16.4 Å². The minimum atomic E-state index is -0.239. The maximum atomic E-state index is 11.8. The molecule has 6 nitrogen and oxygen atoms in total. The average Bonchev–Trinajstić information content (AvgIpc) is 2.36. The van der Waals surface area contributed by atoms with Crippen LogP contribution in [0.5, 0.6) is 0 Å². The van der Waals surface area contributed by atoms with Crippen molar-refractivity contribution in [3.05, 3.63) is 23.1 Å². The second-order valence-electron chi connectivity index (χ2n) is 3.41. The number of hydrogen-bond donors (Lipinski definition) is 1. The van der Waals surface area contributed by atoms with Crippen molar-refractivity contribution in [1.29, 1.82) is 0 Å². The van der Waals surface area contributed by atoms with Crippen molar-refractivity contribution >= 4 is 29.4 Å². The molecule has 1 aromatic rings. The zero-order chi connectivity index (χ0) is 13.7. The second kappa shape index (κ2) is 6.32. The van der Waals surface area contributed by atoms with Crippen molar-refractivity contribution in [3.8, 4) is 0 Å². The molecule has 0 aromatic carbocycles. The zero-order valence-corrected chi connectivity index (χ0v) is 11.3. The van der Waals surface area contributed by atoms with Crippen LogP contribution in [0.25, 0.3) is 6.08 Å². The molecule has 0 bridgehead atoms. The van der Waals surface area contributed by atoms with Crippen LogP contribution in [-0.4, -0.2) is 42.1 Å². The predicted molar refractivity (Wildman–Crippen MR) is 70.2 cm³/mol. The van der Waals surface area contributed by atoms with E-state index in [-0.39, 0.29) is 17.6 Å². The van der Waals surface area contributed by atoms with Gasteiger partial charge < -0.3 is 5.32 Å². The molecule has 0 saturated carbocycles. The second-order valence-corrected chi connectivity index (χ2v) is 3.74. The molecular formula is C11H15ClN4O2. The number of halogens is 1. The Bertz CT molecular complexity index is 465. The normalized spacial score (nSPS) is 10.0. The smallest absolute Gasteiger partial charge is 0.251 e. The fourth-order valence-electron chi connectivity index (χ4n) is 1.38. The summed E-state index contributed by atoms with van der Waals surface area (Å²) in [6.45, 7) is 3.68. The highest BCUT2D eigenvalue weighted by atomic mass is 35.5. The van der Waals surface area contributed by atoms with Crippen molar-refractivity contribution in [2.45, 2.75) is 6.42 Å². The Balaban J connectivity index is 3.11. The lowest BCUT2D eigenvalue weighted by atomic mass is 10.1. The molecule has 0 fully saturated rings. The molecule has 1 aromatic heterocycles. The highest BCUT2D eigenvalue weighted by Gasteiger charge is 2.16. The van der Waals surface area contributed by atoms with E-state index >= 15 is 0 Å². The van der Waals surface area contributed by atoms with E-state index < -0.39 is 0 Å². The molecule has 1 amide bonds. The van der Waals surface area contributed by atoms with Crippen LogP contribution in [0, 0.1) is 0 Å². The third-order valence-corrected chi connectivity index (χ3v) is 2.55. The van der Waals surface area contributed by atoms with Crippen molar-refractivity contribution in [1.82, 2.24) is 15.0 Å². The number of hydroxylamine groups is 2. The summed E-state index contributed by atoms with van der Waals surface area (Å²) >= 11 is 5.80. The van der Waals surface area contributed by atoms with Gasteiger partial charge in [0.15, 0.2) is 0 Å². The number of likely N-dealkylation sites (N-methyl/N-ethyl adjacent to an activating group) is 1. The predicted octanol–water partition coefficient (Wildman–Crippen LogP) is 1.38. The minimum Gasteiger partial charge on any atom is -0.372 e. The Labute approximate surface area is 111 Å². The third-order valence-electron chi connectivity index (χ3n) is 2.38. The topological polar surface area (TPSA) is 67.4 Å². The standard InChI is InChI=1S/C11H15ClN4O2/c1-5-7-8(6-9(17)16(3)18-4)14-11(12)15-10(7)13-2/h5H,1,6H2,2-4H3,(H,13,14,15). The number of carbonyl (C=O) groups is 1. The molecule has 0 radical (unpaired) electrons. The van der Waals surface area contributed by atoms with Crippen LogP contribution in [0.15, 0.2) is 6.58 Å². The molecule has 0 saturated heterocycles. The van der Waals surface area contributed by atoms with Gasteiger partial charge in [-0.05, 0) is 11.6 Å². The summed E-state index contributed by atoms with van der Waals surface area (Å²) in [5.74, 6) is 0.297. The number of amides is 1. The quantitative estimate of drug-likeness (QED) is 0.647. The SMILES string of the molecule is C=Cc1c(CC(=O)N(C)OC)nc(Cl)nc1NC. The number of anilines is 1. The molecule has 1 heterocycles. The van der Waals surface area contributed by atoms with Gasteiger partial charge in [-0.2, -0.15) is 0 Å². The lowest BCUT2D eigenvalue weighted by molar-refractivity contribution is -0.167. The van der Waals surface area contributed by atoms with Crippen LogP contribution in [0.2, 0.25) is 5.28 Å². The van der Waals surface area contributed by atoms with Crippen LogP contribution >= 0.6 is 11.6 Å². The number of hydrogen-bond acceptors (Lipinski definition) is 5. The van der Waals surface area contributed by atoms with Crippen LogP contribution in [0.1, 0.15) is 11.3 Å². The molecule has 0 aliphatic heterocycles. The van der Waals surface area contributed by atoms with Gasteiger partial charge in [-0.1, -0.05) is 12.7 Å². The van der Waals surface area contributed by atoms with E-state index in [1.54, 1.807) is 13.1 Å². The highest BCUT2D eigenvalue weighted by molar-refractivity contribution is 6.28. The highest BCUT2D eigenvalue weighted by Crippen LogP contribution is 2.20. The van der Waals surface area contributed by atoms with E-state index in [0.29, 0.717) is 17.1 Å². The van der Waals surface area contributed by atoms with Crippen molar-refractivity contribution in [3.63, 3.8) is 0 Å². The summed E-state index contributed by atoms with van der Waals surface area (Å²) < 4.78 is 0. The summed E-state index contributed by atoms with van der Waals surface area (Å²) in [5, 5.41) is 4.08. The first kappa shape index (κ1) is 14.4. The Morgan fingerprint density at radius 3 is 2.78 bits per heavy atom. The van der Waals surface area contributed by atoms with E-state index in [0.717, 1.165) is 5.06 Å². The molecule has 1 rings (SSSR count). The molecule has 1 N–H and O–H groups in total. The Morgan fingerprint density at radius 1 is 1.61 bits per heavy atom. The largest absolute Gasteiger partial charge is 0.372 e. The molecule has 0 atom stereocenters. The summed E-state index contributed by atoms with van der Waals surface area (Å²) in [7, 11) is 4.65. The fourth-order valence-corrected chi connectivity index (χ4v) is 1.57. The van der Waals surface area contributed by atoms with Gasteiger partial charge in [0.05, 0.1) is 19.2 Å². The van der Waals surface area contributed by atoms with E-state index in [9.17, 15) is 4.79 Å². The number of rotatable bonds is 5. The Morgan fingerprint density at radius 2 is 2.28 bits per heavy atom. The molecule has 0 aliphatic rings. The van der Waals surface area contributed by atoms with E-state index in [2.05, 4.69) is 21.9 Å². The first-order valence-electron chi connectivity index (χ1n) is 5.20. The molecule has 0 aliphatic carbocycles. The van der Waals surface area contributed by atoms with Crippen molar-refractivity contribution in [2.75, 3.05) is 26.5 Å². The lowest BCUT2D eigenvalue weighted by Crippen LogP contribution is -2.27. The maximum absolute atomic E-state index is 11.8. The molecule has 18 heavy (non-hydrogen) atoms. The molecule has 98 valence electrons. The molecule has 0 spiro atoms. The van der Waals surface area contributed by atoms with Gasteiger partial charge in [-0.25, -0.2) is 15.0 Å². The molecule has 7 heteroatoms. The fraction of sp³-hybridized carbons (Fsp3) is 0.364. The monoisotopic (exact) mass is 270 g/mol. The number of carbonyl (C=O) groups excluding carboxylic acids is 1. The summed E-state index contributed by atoms with van der Waals surface area (Å²) in [5.41, 5.74) is 1.16. The van der Waals surface area contributed by atoms with Crippen LogP contribution in [-0.2, 0) is 16.1 Å². The Kier molecular flexibility index (Phi) is 5.06. The maximum Gasteiger partial charge on any atom is 0.251 e. The summed E-state index contributed by atoms with van der Waals surface area (Å²) in [6.07, 6.45) is 1.64. The van der Waals surface area contributed by atoms with Crippen LogP contribution in [0.3, 0.4) is 0 Å². The van der Waals surface area contributed by atoms with E-state index in [1.165, 1.54) is 14.2 Å². The molecular weight excluding hydrogens is 256 g/mol. The van der Waals surface area contributed by atoms with Crippen LogP contribution in [0.4, 0.5) is 5.82 Å². The number of nitrogens with zero attached hydrogens (tertiary/aromatic N) is 3. The van der Waals surface area contributed by atoms with Gasteiger partial charge >= 0.3 is 0 Å². The summed E-state index contributed by atoms with van der Waals surface area (Å²) in [4.78, 5) is 24.6. The third kappa shape index (κ3) is 3.18. The lowest BCUT2D eigenvalue weighted by Gasteiger charge is -2.15. The first-order chi connectivity index (χ1) is 8.53. The van der Waals surface area contributed by atoms with Gasteiger partial charge in [-0.15, -0.1) is 0 Å². The average molecular weight is 271 g/mol. The minimum absolute atomic E-state index is 0.0581. The van der Waals surface area contributed by atoms with Crippen molar-refractivity contribution < 1.29 is 9.63 Å². The Hall–Kier alpha value is -1.66. The van der Waals surface area contributed by atoms with Crippen molar-refractivity contribution in [2.24, 2.45) is 0 Å². The van der Waals surface area contributed by atoms with Gasteiger partial charge in [0, 0.05) is 19.7 Å². The van der Waals surface area contributed by atoms with Crippen LogP contribution < -0.4 is 5.32 Å². The van der Waals surface area contributed by atoms with Gasteiger partial charge in [0.1, 0.15) is 5.82 Å². The first-order valence-corrected chi connectivity index (χ1v) is 5.58. The number of aromatic nitrogens is 2. The molecule has 0 unspecified atom stereocenters. The van der Waals surface area contributed by atoms with Gasteiger partial charge in [-0.3, -0.25) is 9.63 Å². The number of nitrogens with one attached hydrogen (secondary N) is 1. The summed E-state index contributed by atoms with van der Waals surface area (Å²) in [6, 6.07) is 0. The zero-order valence-electron chi connectivity index (χ0n) is 10.5. The van der Waals surface area contributed by atoms with Gasteiger partial charge in [0.2, 0.25) is 5.28 Å².